The zero-order valence-corrected chi connectivity index (χ0v) is 9.56. The minimum Gasteiger partial charge on any atom is -0.318 e. The molecule has 1 N–H and O–H groups in total. The van der Waals surface area contributed by atoms with Gasteiger partial charge >= 0.3 is 0 Å². The molecular weight excluding hydrogens is 210 g/mol. The van der Waals surface area contributed by atoms with Gasteiger partial charge in [0.1, 0.15) is 0 Å². The van der Waals surface area contributed by atoms with E-state index in [0.717, 1.165) is 29.9 Å². The Morgan fingerprint density at radius 2 is 2.00 bits per heavy atom. The third-order valence-electron chi connectivity index (χ3n) is 2.96. The molecule has 0 amide bonds. The molecule has 2 heterocycles. The first kappa shape index (κ1) is 10.3. The molecule has 0 unspecified atom stereocenters. The SMILES string of the molecule is [c]1ncccc1-c1ccccc1NN1CCC1. The minimum absolute atomic E-state index is 1.02. The molecule has 1 aliphatic rings. The van der Waals surface area contributed by atoms with Crippen LogP contribution in [0.15, 0.2) is 42.6 Å². The summed E-state index contributed by atoms with van der Waals surface area (Å²) in [5.74, 6) is 0. The van der Waals surface area contributed by atoms with E-state index in [1.54, 1.807) is 6.20 Å². The van der Waals surface area contributed by atoms with E-state index < -0.39 is 0 Å². The van der Waals surface area contributed by atoms with E-state index in [9.17, 15) is 0 Å². The van der Waals surface area contributed by atoms with Gasteiger partial charge in [0.15, 0.2) is 0 Å². The molecule has 1 radical (unpaired) electrons. The maximum absolute atomic E-state index is 4.05. The summed E-state index contributed by atoms with van der Waals surface area (Å²) in [4.78, 5) is 4.05. The Morgan fingerprint density at radius 1 is 1.12 bits per heavy atom. The lowest BCUT2D eigenvalue weighted by Gasteiger charge is -2.32. The number of rotatable bonds is 3. The fraction of sp³-hybridized carbons (Fsp3) is 0.214. The first-order chi connectivity index (χ1) is 8.43. The Balaban J connectivity index is 1.92. The molecule has 17 heavy (non-hydrogen) atoms. The van der Waals surface area contributed by atoms with Crippen LogP contribution in [0.2, 0.25) is 0 Å². The molecule has 0 spiro atoms. The predicted octanol–water partition coefficient (Wildman–Crippen LogP) is 2.58. The van der Waals surface area contributed by atoms with Crippen molar-refractivity contribution in [3.05, 3.63) is 48.8 Å². The molecule has 3 rings (SSSR count). The Bertz CT molecular complexity index is 492. The summed E-state index contributed by atoms with van der Waals surface area (Å²) in [7, 11) is 0. The highest BCUT2D eigenvalue weighted by molar-refractivity contribution is 5.76. The quantitative estimate of drug-likeness (QED) is 0.868. The van der Waals surface area contributed by atoms with Gasteiger partial charge in [-0.15, -0.1) is 0 Å². The van der Waals surface area contributed by atoms with Gasteiger partial charge < -0.3 is 5.43 Å². The number of aromatic nitrogens is 1. The monoisotopic (exact) mass is 224 g/mol. The number of hydrazine groups is 1. The largest absolute Gasteiger partial charge is 0.318 e. The Morgan fingerprint density at radius 3 is 2.71 bits per heavy atom. The highest BCUT2D eigenvalue weighted by atomic mass is 15.5. The second kappa shape index (κ2) is 4.55. The van der Waals surface area contributed by atoms with Gasteiger partial charge in [0.25, 0.3) is 0 Å². The maximum Gasteiger partial charge on any atom is 0.0971 e. The number of hydrogen-bond acceptors (Lipinski definition) is 3. The molecule has 1 fully saturated rings. The summed E-state index contributed by atoms with van der Waals surface area (Å²) in [5, 5.41) is 2.22. The van der Waals surface area contributed by atoms with Crippen LogP contribution in [-0.4, -0.2) is 23.1 Å². The predicted molar refractivity (Wildman–Crippen MR) is 68.3 cm³/mol. The zero-order chi connectivity index (χ0) is 11.5. The van der Waals surface area contributed by atoms with Gasteiger partial charge in [-0.1, -0.05) is 24.3 Å². The topological polar surface area (TPSA) is 28.2 Å². The van der Waals surface area contributed by atoms with E-state index in [-0.39, 0.29) is 0 Å². The second-order valence-electron chi connectivity index (χ2n) is 4.16. The fourth-order valence-electron chi connectivity index (χ4n) is 1.89. The van der Waals surface area contributed by atoms with Gasteiger partial charge in [-0.3, -0.25) is 4.98 Å². The third-order valence-corrected chi connectivity index (χ3v) is 2.96. The molecular formula is C14H14N3. The number of para-hydroxylation sites is 1. The molecule has 2 aromatic rings. The summed E-state index contributed by atoms with van der Waals surface area (Å²) in [5.41, 5.74) is 6.72. The molecule has 1 aliphatic heterocycles. The summed E-state index contributed by atoms with van der Waals surface area (Å²) in [6.07, 6.45) is 6.04. The number of hydrogen-bond donors (Lipinski definition) is 1. The van der Waals surface area contributed by atoms with Crippen LogP contribution >= 0.6 is 0 Å². The van der Waals surface area contributed by atoms with Crippen molar-refractivity contribution in [2.45, 2.75) is 6.42 Å². The normalized spacial score (nSPS) is 15.3. The molecule has 0 bridgehead atoms. The van der Waals surface area contributed by atoms with E-state index >= 15 is 0 Å². The molecule has 1 aromatic carbocycles. The van der Waals surface area contributed by atoms with Crippen molar-refractivity contribution in [1.82, 2.24) is 9.99 Å². The van der Waals surface area contributed by atoms with Crippen molar-refractivity contribution in [1.29, 1.82) is 0 Å². The Labute approximate surface area is 101 Å². The average Bonchev–Trinajstić information content (AvgIpc) is 2.35. The van der Waals surface area contributed by atoms with E-state index in [0.29, 0.717) is 0 Å². The number of anilines is 1. The van der Waals surface area contributed by atoms with Crippen molar-refractivity contribution < 1.29 is 0 Å². The van der Waals surface area contributed by atoms with E-state index in [1.165, 1.54) is 6.42 Å². The number of nitrogens with one attached hydrogen (secondary N) is 1. The van der Waals surface area contributed by atoms with Gasteiger partial charge in [-0.2, -0.15) is 0 Å². The molecule has 0 aliphatic carbocycles. The van der Waals surface area contributed by atoms with Crippen LogP contribution in [0, 0.1) is 6.20 Å². The van der Waals surface area contributed by atoms with Crippen LogP contribution < -0.4 is 5.43 Å². The standard InChI is InChI=1S/C14H14N3/c1-2-7-14(16-17-9-4-10-17)13(6-1)12-5-3-8-15-11-12/h1-3,5-8,16H,4,9-10H2. The van der Waals surface area contributed by atoms with E-state index in [4.69, 9.17) is 0 Å². The highest BCUT2D eigenvalue weighted by Crippen LogP contribution is 2.27. The third kappa shape index (κ3) is 2.15. The van der Waals surface area contributed by atoms with Crippen LogP contribution in [0.4, 0.5) is 5.69 Å². The van der Waals surface area contributed by atoms with Crippen molar-refractivity contribution in [2.24, 2.45) is 0 Å². The molecule has 85 valence electrons. The van der Waals surface area contributed by atoms with Crippen LogP contribution in [0.25, 0.3) is 11.1 Å². The van der Waals surface area contributed by atoms with E-state index in [1.807, 2.05) is 24.3 Å². The lowest BCUT2D eigenvalue weighted by atomic mass is 10.1. The smallest absolute Gasteiger partial charge is 0.0971 e. The summed E-state index contributed by atoms with van der Waals surface area (Å²) >= 11 is 0. The first-order valence-corrected chi connectivity index (χ1v) is 5.87. The van der Waals surface area contributed by atoms with Crippen molar-refractivity contribution >= 4 is 5.69 Å². The first-order valence-electron chi connectivity index (χ1n) is 5.87. The number of pyridine rings is 1. The molecule has 1 saturated heterocycles. The van der Waals surface area contributed by atoms with E-state index in [2.05, 4.69) is 33.7 Å². The van der Waals surface area contributed by atoms with Gasteiger partial charge in [-0.05, 0) is 18.6 Å². The highest BCUT2D eigenvalue weighted by Gasteiger charge is 2.14. The van der Waals surface area contributed by atoms with Crippen LogP contribution in [-0.2, 0) is 0 Å². The van der Waals surface area contributed by atoms with Gasteiger partial charge in [-0.25, -0.2) is 5.01 Å². The molecule has 1 aromatic heterocycles. The molecule has 3 nitrogen and oxygen atoms in total. The summed E-state index contributed by atoms with van der Waals surface area (Å²) in [6, 6.07) is 12.2. The lowest BCUT2D eigenvalue weighted by Crippen LogP contribution is -2.41. The number of nitrogens with zero attached hydrogens (tertiary/aromatic N) is 2. The van der Waals surface area contributed by atoms with Crippen molar-refractivity contribution in [3.63, 3.8) is 0 Å². The van der Waals surface area contributed by atoms with Crippen LogP contribution in [0.1, 0.15) is 6.42 Å². The molecule has 0 saturated carbocycles. The van der Waals surface area contributed by atoms with Gasteiger partial charge in [0, 0.05) is 30.4 Å². The van der Waals surface area contributed by atoms with Crippen molar-refractivity contribution in [2.75, 3.05) is 18.5 Å². The molecule has 3 heteroatoms. The second-order valence-corrected chi connectivity index (χ2v) is 4.16. The maximum atomic E-state index is 4.05. The van der Waals surface area contributed by atoms with Crippen LogP contribution in [0.3, 0.4) is 0 Å². The summed E-state index contributed by atoms with van der Waals surface area (Å²) in [6.45, 7) is 2.23. The van der Waals surface area contributed by atoms with Gasteiger partial charge in [0.2, 0.25) is 0 Å². The number of benzene rings is 1. The van der Waals surface area contributed by atoms with Crippen molar-refractivity contribution in [3.8, 4) is 11.1 Å². The Kier molecular flexibility index (Phi) is 2.76. The lowest BCUT2D eigenvalue weighted by molar-refractivity contribution is 0.226. The van der Waals surface area contributed by atoms with Crippen LogP contribution in [0.5, 0.6) is 0 Å². The Hall–Kier alpha value is -1.87. The molecule has 0 atom stereocenters. The van der Waals surface area contributed by atoms with Gasteiger partial charge in [0.05, 0.1) is 11.9 Å². The average molecular weight is 224 g/mol. The summed E-state index contributed by atoms with van der Waals surface area (Å²) < 4.78 is 0. The zero-order valence-electron chi connectivity index (χ0n) is 9.56. The minimum atomic E-state index is 1.02. The fourth-order valence-corrected chi connectivity index (χ4v) is 1.89.